The Balaban J connectivity index is 1.68. The predicted octanol–water partition coefficient (Wildman–Crippen LogP) is 7.94. The summed E-state index contributed by atoms with van der Waals surface area (Å²) in [5.74, 6) is 0. The molecule has 0 aromatic heterocycles. The van der Waals surface area contributed by atoms with E-state index in [0.29, 0.717) is 0 Å². The van der Waals surface area contributed by atoms with Gasteiger partial charge in [0.25, 0.3) is 0 Å². The molecule has 4 aromatic carbocycles. The zero-order chi connectivity index (χ0) is 20.9. The number of nitrogens with one attached hydrogen (secondary N) is 1. The lowest BCUT2D eigenvalue weighted by Gasteiger charge is -2.12. The Labute approximate surface area is 179 Å². The number of hydrogen-bond acceptors (Lipinski definition) is 1. The van der Waals surface area contributed by atoms with Gasteiger partial charge in [-0.3, -0.25) is 0 Å². The highest BCUT2D eigenvalue weighted by atomic mass is 14.9. The maximum Gasteiger partial charge on any atom is 0.0413 e. The molecule has 0 aliphatic rings. The summed E-state index contributed by atoms with van der Waals surface area (Å²) < 4.78 is 0. The first-order valence-electron chi connectivity index (χ1n) is 10.4. The maximum atomic E-state index is 3.51. The lowest BCUT2D eigenvalue weighted by molar-refractivity contribution is 1.33. The second-order valence-corrected chi connectivity index (χ2v) is 7.79. The lowest BCUT2D eigenvalue weighted by atomic mass is 9.93. The van der Waals surface area contributed by atoms with Gasteiger partial charge in [-0.1, -0.05) is 78.9 Å². The van der Waals surface area contributed by atoms with Crippen molar-refractivity contribution < 1.29 is 0 Å². The van der Waals surface area contributed by atoms with Gasteiger partial charge in [0.15, 0.2) is 0 Å². The van der Waals surface area contributed by atoms with Gasteiger partial charge >= 0.3 is 0 Å². The van der Waals surface area contributed by atoms with Crippen LogP contribution in [0.2, 0.25) is 0 Å². The molecule has 0 saturated heterocycles. The van der Waals surface area contributed by atoms with Gasteiger partial charge in [-0.25, -0.2) is 0 Å². The van der Waals surface area contributed by atoms with Gasteiger partial charge in [0.05, 0.1) is 0 Å². The molecule has 30 heavy (non-hydrogen) atoms. The van der Waals surface area contributed by atoms with Crippen LogP contribution in [0, 0.1) is 20.8 Å². The van der Waals surface area contributed by atoms with Gasteiger partial charge in [0.2, 0.25) is 0 Å². The molecule has 0 saturated carbocycles. The van der Waals surface area contributed by atoms with E-state index in [1.807, 2.05) is 0 Å². The summed E-state index contributed by atoms with van der Waals surface area (Å²) in [6, 6.07) is 34.3. The van der Waals surface area contributed by atoms with Crippen molar-refractivity contribution in [1.82, 2.24) is 0 Å². The number of aryl methyl sites for hydroxylation is 3. The fraction of sp³-hybridized carbons (Fsp3) is 0.103. The van der Waals surface area contributed by atoms with Crippen molar-refractivity contribution in [3.8, 4) is 0 Å². The van der Waals surface area contributed by atoms with Crippen LogP contribution in [0.3, 0.4) is 0 Å². The molecule has 0 bridgehead atoms. The van der Waals surface area contributed by atoms with Gasteiger partial charge in [-0.2, -0.15) is 0 Å². The minimum atomic E-state index is 1.09. The molecule has 148 valence electrons. The zero-order valence-electron chi connectivity index (χ0n) is 17.8. The van der Waals surface area contributed by atoms with Crippen molar-refractivity contribution in [2.45, 2.75) is 20.8 Å². The van der Waals surface area contributed by atoms with Gasteiger partial charge in [0.1, 0.15) is 0 Å². The summed E-state index contributed by atoms with van der Waals surface area (Å²) in [4.78, 5) is 0. The van der Waals surface area contributed by atoms with Crippen LogP contribution in [0.25, 0.3) is 11.6 Å². The Morgan fingerprint density at radius 2 is 1.30 bits per heavy atom. The van der Waals surface area contributed by atoms with Gasteiger partial charge < -0.3 is 5.32 Å². The van der Waals surface area contributed by atoms with Crippen LogP contribution in [-0.2, 0) is 0 Å². The molecule has 0 spiro atoms. The molecule has 0 unspecified atom stereocenters. The topological polar surface area (TPSA) is 12.0 Å². The van der Waals surface area contributed by atoms with E-state index < -0.39 is 0 Å². The highest BCUT2D eigenvalue weighted by molar-refractivity contribution is 5.91. The molecule has 0 atom stereocenters. The molecule has 0 heterocycles. The zero-order valence-corrected chi connectivity index (χ0v) is 17.8. The van der Waals surface area contributed by atoms with Crippen LogP contribution in [-0.4, -0.2) is 0 Å². The summed E-state index contributed by atoms with van der Waals surface area (Å²) in [5, 5.41) is 3.51. The summed E-state index contributed by atoms with van der Waals surface area (Å²) >= 11 is 0. The van der Waals surface area contributed by atoms with E-state index in [1.54, 1.807) is 0 Å². The Hall–Kier alpha value is -3.58. The quantitative estimate of drug-likeness (QED) is 0.342. The normalized spacial score (nSPS) is 11.4. The lowest BCUT2D eigenvalue weighted by Crippen LogP contribution is -1.93. The first kappa shape index (κ1) is 19.7. The Morgan fingerprint density at radius 1 is 0.600 bits per heavy atom. The van der Waals surface area contributed by atoms with Crippen LogP contribution < -0.4 is 5.32 Å². The molecule has 4 aromatic rings. The highest BCUT2D eigenvalue weighted by Crippen LogP contribution is 2.28. The largest absolute Gasteiger partial charge is 0.355 e. The first-order valence-corrected chi connectivity index (χ1v) is 10.4. The molecule has 1 heteroatoms. The molecule has 0 aliphatic heterocycles. The third-order valence-corrected chi connectivity index (χ3v) is 5.55. The van der Waals surface area contributed by atoms with Crippen LogP contribution in [0.1, 0.15) is 33.4 Å². The molecule has 0 radical (unpaired) electrons. The van der Waals surface area contributed by atoms with E-state index in [-0.39, 0.29) is 0 Å². The van der Waals surface area contributed by atoms with Gasteiger partial charge in [-0.05, 0) is 84.0 Å². The molecule has 1 nitrogen and oxygen atoms in total. The Bertz CT molecular complexity index is 1170. The van der Waals surface area contributed by atoms with Crippen molar-refractivity contribution in [1.29, 1.82) is 0 Å². The number of anilines is 2. The molecule has 0 amide bonds. The number of benzene rings is 4. The van der Waals surface area contributed by atoms with E-state index >= 15 is 0 Å². The molecule has 1 N–H and O–H groups in total. The Morgan fingerprint density at radius 3 is 2.00 bits per heavy atom. The third kappa shape index (κ3) is 4.52. The minimum Gasteiger partial charge on any atom is -0.355 e. The average Bonchev–Trinajstić information content (AvgIpc) is 2.77. The maximum absolute atomic E-state index is 3.51. The SMILES string of the molecule is Cc1ccc(/C(=C/c2ccc(Nc3ccccc3C)cc2)c2ccccc2)cc1C. The first-order chi connectivity index (χ1) is 14.6. The standard InChI is InChI=1S/C29H27N/c1-21-13-16-26(19-23(21)3)28(25-10-5-4-6-11-25)20-24-14-17-27(18-15-24)30-29-12-8-7-9-22(29)2/h4-20,30H,1-3H3/b28-20+. The predicted molar refractivity (Wildman–Crippen MR) is 130 cm³/mol. The van der Waals surface area contributed by atoms with Crippen LogP contribution in [0.4, 0.5) is 11.4 Å². The fourth-order valence-electron chi connectivity index (χ4n) is 3.56. The molecular weight excluding hydrogens is 362 g/mol. The van der Waals surface area contributed by atoms with Crippen LogP contribution in [0.15, 0.2) is 97.1 Å². The van der Waals surface area contributed by atoms with Gasteiger partial charge in [-0.15, -0.1) is 0 Å². The number of hydrogen-bond donors (Lipinski definition) is 1. The smallest absolute Gasteiger partial charge is 0.0413 e. The molecule has 0 fully saturated rings. The highest BCUT2D eigenvalue weighted by Gasteiger charge is 2.07. The number of para-hydroxylation sites is 1. The van der Waals surface area contributed by atoms with E-state index in [0.717, 1.165) is 11.4 Å². The fourth-order valence-corrected chi connectivity index (χ4v) is 3.56. The second kappa shape index (κ2) is 8.84. The third-order valence-electron chi connectivity index (χ3n) is 5.55. The van der Waals surface area contributed by atoms with Crippen LogP contribution >= 0.6 is 0 Å². The average molecular weight is 390 g/mol. The van der Waals surface area contributed by atoms with E-state index in [2.05, 4.69) is 129 Å². The van der Waals surface area contributed by atoms with Crippen molar-refractivity contribution >= 4 is 23.0 Å². The van der Waals surface area contributed by atoms with Crippen molar-refractivity contribution in [2.75, 3.05) is 5.32 Å². The van der Waals surface area contributed by atoms with Crippen molar-refractivity contribution in [2.24, 2.45) is 0 Å². The monoisotopic (exact) mass is 389 g/mol. The van der Waals surface area contributed by atoms with E-state index in [4.69, 9.17) is 0 Å². The summed E-state index contributed by atoms with van der Waals surface area (Å²) in [7, 11) is 0. The van der Waals surface area contributed by atoms with Crippen molar-refractivity contribution in [3.05, 3.63) is 130 Å². The van der Waals surface area contributed by atoms with E-state index in [1.165, 1.54) is 39.0 Å². The summed E-state index contributed by atoms with van der Waals surface area (Å²) in [6.45, 7) is 6.45. The minimum absolute atomic E-state index is 1.09. The summed E-state index contributed by atoms with van der Waals surface area (Å²) in [5.41, 5.74) is 11.0. The second-order valence-electron chi connectivity index (χ2n) is 7.79. The van der Waals surface area contributed by atoms with E-state index in [9.17, 15) is 0 Å². The molecular formula is C29H27N. The molecule has 4 rings (SSSR count). The summed E-state index contributed by atoms with van der Waals surface area (Å²) in [6.07, 6.45) is 2.27. The van der Waals surface area contributed by atoms with Gasteiger partial charge in [0, 0.05) is 11.4 Å². The molecule has 0 aliphatic carbocycles. The Kier molecular flexibility index (Phi) is 5.81. The van der Waals surface area contributed by atoms with Crippen molar-refractivity contribution in [3.63, 3.8) is 0 Å². The number of rotatable bonds is 5. The van der Waals surface area contributed by atoms with Crippen LogP contribution in [0.5, 0.6) is 0 Å².